The fraction of sp³-hybridized carbons (Fsp3) is 0.786. The van der Waals surface area contributed by atoms with Crippen molar-refractivity contribution in [1.29, 1.82) is 0 Å². The number of fused-ring (bicyclic) bond motifs is 2. The predicted molar refractivity (Wildman–Crippen MR) is 65.5 cm³/mol. The first-order valence-electron chi connectivity index (χ1n) is 6.36. The van der Waals surface area contributed by atoms with Gasteiger partial charge in [0.25, 0.3) is 0 Å². The highest BCUT2D eigenvalue weighted by Gasteiger charge is 2.51. The summed E-state index contributed by atoms with van der Waals surface area (Å²) in [6.07, 6.45) is 3.72. The van der Waals surface area contributed by atoms with Gasteiger partial charge in [-0.15, -0.1) is 0 Å². The van der Waals surface area contributed by atoms with Gasteiger partial charge in [-0.1, -0.05) is 19.1 Å². The fourth-order valence-corrected chi connectivity index (χ4v) is 3.43. The first kappa shape index (κ1) is 12.8. The molecule has 0 heterocycles. The van der Waals surface area contributed by atoms with E-state index >= 15 is 0 Å². The van der Waals surface area contributed by atoms with E-state index in [0.29, 0.717) is 31.5 Å². The molecule has 2 aliphatic rings. The lowest BCUT2D eigenvalue weighted by Gasteiger charge is -2.38. The van der Waals surface area contributed by atoms with E-state index in [1.54, 1.807) is 7.11 Å². The van der Waals surface area contributed by atoms with Gasteiger partial charge in [0.1, 0.15) is 12.6 Å². The number of ketones is 1. The van der Waals surface area contributed by atoms with Gasteiger partial charge >= 0.3 is 0 Å². The van der Waals surface area contributed by atoms with Crippen LogP contribution >= 0.6 is 0 Å². The van der Waals surface area contributed by atoms with Gasteiger partial charge in [0.2, 0.25) is 0 Å². The van der Waals surface area contributed by atoms with Crippen LogP contribution in [0.1, 0.15) is 32.6 Å². The number of carbonyl (C=O) groups is 1. The van der Waals surface area contributed by atoms with Gasteiger partial charge in [0.05, 0.1) is 0 Å². The summed E-state index contributed by atoms with van der Waals surface area (Å²) in [6, 6.07) is 0. The lowest BCUT2D eigenvalue weighted by Crippen LogP contribution is -2.35. The molecule has 2 rings (SSSR count). The minimum absolute atomic E-state index is 0.133. The molecule has 2 saturated carbocycles. The van der Waals surface area contributed by atoms with Crippen molar-refractivity contribution in [3.63, 3.8) is 0 Å². The molecule has 0 saturated heterocycles. The molecule has 0 spiro atoms. The van der Waals surface area contributed by atoms with Crippen LogP contribution in [0.2, 0.25) is 0 Å². The number of hydrogen-bond donors (Lipinski definition) is 0. The molecule has 0 aliphatic heterocycles. The lowest BCUT2D eigenvalue weighted by molar-refractivity contribution is -0.127. The van der Waals surface area contributed by atoms with E-state index in [2.05, 4.69) is 13.5 Å². The Morgan fingerprint density at radius 2 is 2.29 bits per heavy atom. The lowest BCUT2D eigenvalue weighted by atomic mass is 9.66. The van der Waals surface area contributed by atoms with Crippen molar-refractivity contribution >= 4 is 5.78 Å². The van der Waals surface area contributed by atoms with Gasteiger partial charge < -0.3 is 9.47 Å². The molecule has 3 atom stereocenters. The Morgan fingerprint density at radius 1 is 1.53 bits per heavy atom. The Morgan fingerprint density at radius 3 is 3.00 bits per heavy atom. The molecule has 0 aromatic heterocycles. The van der Waals surface area contributed by atoms with E-state index in [1.807, 2.05) is 0 Å². The Labute approximate surface area is 103 Å². The van der Waals surface area contributed by atoms with Crippen LogP contribution in [0.25, 0.3) is 0 Å². The molecule has 2 fully saturated rings. The number of rotatable bonds is 5. The van der Waals surface area contributed by atoms with E-state index < -0.39 is 0 Å². The van der Waals surface area contributed by atoms with E-state index in [1.165, 1.54) is 0 Å². The number of carbonyl (C=O) groups excluding carboxylic acids is 1. The van der Waals surface area contributed by atoms with E-state index in [-0.39, 0.29) is 11.3 Å². The molecule has 0 amide bonds. The highest BCUT2D eigenvalue weighted by molar-refractivity contribution is 5.86. The Kier molecular flexibility index (Phi) is 3.69. The Balaban J connectivity index is 1.99. The van der Waals surface area contributed by atoms with Crippen LogP contribution in [0, 0.1) is 17.3 Å². The number of hydrogen-bond acceptors (Lipinski definition) is 3. The third-order valence-electron chi connectivity index (χ3n) is 4.57. The molecule has 3 nitrogen and oxygen atoms in total. The summed E-state index contributed by atoms with van der Waals surface area (Å²) in [6.45, 7) is 7.35. The number of ether oxygens (including phenoxy) is 2. The second kappa shape index (κ2) is 4.91. The molecular weight excluding hydrogens is 216 g/mol. The van der Waals surface area contributed by atoms with Gasteiger partial charge in [-0.3, -0.25) is 4.79 Å². The van der Waals surface area contributed by atoms with Crippen molar-refractivity contribution in [1.82, 2.24) is 0 Å². The predicted octanol–water partition coefficient (Wildman–Crippen LogP) is 2.56. The third-order valence-corrected chi connectivity index (χ3v) is 4.57. The normalized spacial score (nSPS) is 36.6. The molecule has 2 bridgehead atoms. The van der Waals surface area contributed by atoms with E-state index in [4.69, 9.17) is 9.47 Å². The van der Waals surface area contributed by atoms with E-state index in [9.17, 15) is 4.79 Å². The van der Waals surface area contributed by atoms with Crippen molar-refractivity contribution in [2.75, 3.05) is 20.5 Å². The summed E-state index contributed by atoms with van der Waals surface area (Å²) in [5.74, 6) is 0.985. The van der Waals surface area contributed by atoms with Crippen molar-refractivity contribution in [2.45, 2.75) is 32.6 Å². The standard InChI is InChI=1S/C14H22O3/c1-10-7-14(4-5-17-9-16-3)8-12(10)13(15)6-11(14)2/h11-12H,1,4-9H2,2-3H3/t11-,12-,14+/m0/s1. The summed E-state index contributed by atoms with van der Waals surface area (Å²) in [4.78, 5) is 11.9. The molecule has 2 aliphatic carbocycles. The zero-order valence-electron chi connectivity index (χ0n) is 10.8. The van der Waals surface area contributed by atoms with Gasteiger partial charge in [-0.05, 0) is 30.6 Å². The van der Waals surface area contributed by atoms with Crippen molar-refractivity contribution < 1.29 is 14.3 Å². The first-order chi connectivity index (χ1) is 8.09. The monoisotopic (exact) mass is 238 g/mol. The highest BCUT2D eigenvalue weighted by Crippen LogP contribution is 2.56. The first-order valence-corrected chi connectivity index (χ1v) is 6.36. The SMILES string of the molecule is C=C1C[C@]2(CCOCOC)C[C@@H]1C(=O)C[C@@H]2C. The second-order valence-electron chi connectivity index (χ2n) is 5.59. The molecule has 0 radical (unpaired) electrons. The van der Waals surface area contributed by atoms with Crippen LogP contribution in [0.15, 0.2) is 12.2 Å². The van der Waals surface area contributed by atoms with Crippen molar-refractivity contribution in [2.24, 2.45) is 17.3 Å². The summed E-state index contributed by atoms with van der Waals surface area (Å²) in [7, 11) is 1.63. The van der Waals surface area contributed by atoms with Crippen LogP contribution in [-0.4, -0.2) is 26.3 Å². The minimum atomic E-state index is 0.133. The smallest absolute Gasteiger partial charge is 0.146 e. The minimum Gasteiger partial charge on any atom is -0.359 e. The van der Waals surface area contributed by atoms with Gasteiger partial charge in [-0.2, -0.15) is 0 Å². The van der Waals surface area contributed by atoms with Crippen LogP contribution < -0.4 is 0 Å². The summed E-state index contributed by atoms with van der Waals surface area (Å²) in [5, 5.41) is 0. The van der Waals surface area contributed by atoms with Gasteiger partial charge in [0.15, 0.2) is 0 Å². The van der Waals surface area contributed by atoms with Gasteiger partial charge in [0, 0.05) is 26.1 Å². The number of allylic oxidation sites excluding steroid dienone is 1. The quantitative estimate of drug-likeness (QED) is 0.419. The zero-order valence-corrected chi connectivity index (χ0v) is 10.8. The van der Waals surface area contributed by atoms with E-state index in [0.717, 1.165) is 24.8 Å². The molecule has 17 heavy (non-hydrogen) atoms. The molecule has 0 unspecified atom stereocenters. The summed E-state index contributed by atoms with van der Waals surface area (Å²) in [5.41, 5.74) is 1.40. The molecular formula is C14H22O3. The second-order valence-corrected chi connectivity index (χ2v) is 5.59. The zero-order chi connectivity index (χ0) is 12.5. The van der Waals surface area contributed by atoms with Crippen LogP contribution in [-0.2, 0) is 14.3 Å². The maximum atomic E-state index is 11.9. The fourth-order valence-electron chi connectivity index (χ4n) is 3.43. The molecule has 0 N–H and O–H groups in total. The topological polar surface area (TPSA) is 35.5 Å². The summed E-state index contributed by atoms with van der Waals surface area (Å²) >= 11 is 0. The molecule has 96 valence electrons. The average molecular weight is 238 g/mol. The Bertz CT molecular complexity index is 323. The van der Waals surface area contributed by atoms with Crippen molar-refractivity contribution in [3.05, 3.63) is 12.2 Å². The number of methoxy groups -OCH3 is 1. The average Bonchev–Trinajstić information content (AvgIpc) is 2.59. The Hall–Kier alpha value is -0.670. The van der Waals surface area contributed by atoms with Crippen LogP contribution in [0.4, 0.5) is 0 Å². The maximum absolute atomic E-state index is 11.9. The maximum Gasteiger partial charge on any atom is 0.146 e. The molecule has 0 aromatic carbocycles. The summed E-state index contributed by atoms with van der Waals surface area (Å²) < 4.78 is 10.3. The van der Waals surface area contributed by atoms with Gasteiger partial charge in [-0.25, -0.2) is 0 Å². The third kappa shape index (κ3) is 2.31. The number of Topliss-reactive ketones (excluding diaryl/α,β-unsaturated/α-hetero) is 1. The molecule has 3 heteroatoms. The molecule has 0 aromatic rings. The van der Waals surface area contributed by atoms with Crippen LogP contribution in [0.5, 0.6) is 0 Å². The largest absolute Gasteiger partial charge is 0.359 e. The highest BCUT2D eigenvalue weighted by atomic mass is 16.7. The van der Waals surface area contributed by atoms with Crippen molar-refractivity contribution in [3.8, 4) is 0 Å². The van der Waals surface area contributed by atoms with Crippen LogP contribution in [0.3, 0.4) is 0 Å².